The monoisotopic (exact) mass is 361 g/mol. The topological polar surface area (TPSA) is 96.6 Å². The van der Waals surface area contributed by atoms with Gasteiger partial charge in [0.05, 0.1) is 5.56 Å². The smallest absolute Gasteiger partial charge is 0.340 e. The lowest BCUT2D eigenvalue weighted by Crippen LogP contribution is -2.14. The molecule has 2 aromatic rings. The lowest BCUT2D eigenvalue weighted by molar-refractivity contribution is -0.0192. The summed E-state index contributed by atoms with van der Waals surface area (Å²) in [4.78, 5) is -0.187. The van der Waals surface area contributed by atoms with Gasteiger partial charge in [0.2, 0.25) is 0 Å². The van der Waals surface area contributed by atoms with E-state index in [1.165, 1.54) is 24.3 Å². The van der Waals surface area contributed by atoms with Crippen LogP contribution in [0.15, 0.2) is 41.3 Å². The zero-order valence-electron chi connectivity index (χ0n) is 14.2. The molecule has 0 amide bonds. The molecule has 2 aromatic carbocycles. The summed E-state index contributed by atoms with van der Waals surface area (Å²) in [6.07, 6.45) is -0.606. The van der Waals surface area contributed by atoms with E-state index in [1.54, 1.807) is 32.9 Å². The van der Waals surface area contributed by atoms with E-state index in [9.17, 15) is 13.5 Å². The Morgan fingerprint density at radius 2 is 1.80 bits per heavy atom. The first-order valence-corrected chi connectivity index (χ1v) is 9.07. The van der Waals surface area contributed by atoms with Gasteiger partial charge in [0.1, 0.15) is 22.5 Å². The van der Waals surface area contributed by atoms with Crippen LogP contribution < -0.4 is 8.92 Å². The highest BCUT2D eigenvalue weighted by Crippen LogP contribution is 2.27. The first-order valence-electron chi connectivity index (χ1n) is 7.67. The summed E-state index contributed by atoms with van der Waals surface area (Å²) < 4.78 is 35.6. The number of aryl methyl sites for hydroxylation is 2. The summed E-state index contributed by atoms with van der Waals surface area (Å²) in [7, 11) is -4.19. The lowest BCUT2D eigenvalue weighted by Gasteiger charge is -2.14. The van der Waals surface area contributed by atoms with E-state index >= 15 is 0 Å². The van der Waals surface area contributed by atoms with E-state index in [0.717, 1.165) is 0 Å². The van der Waals surface area contributed by atoms with Gasteiger partial charge in [0, 0.05) is 12.5 Å². The number of rotatable bonds is 6. The molecule has 1 unspecified atom stereocenters. The summed E-state index contributed by atoms with van der Waals surface area (Å²) >= 11 is 0. The van der Waals surface area contributed by atoms with Crippen molar-refractivity contribution in [1.29, 1.82) is 5.26 Å². The fraction of sp³-hybridized carbons (Fsp3) is 0.278. The Labute approximate surface area is 147 Å². The van der Waals surface area contributed by atoms with Crippen LogP contribution in [0, 0.1) is 25.2 Å². The van der Waals surface area contributed by atoms with Gasteiger partial charge in [-0.1, -0.05) is 13.0 Å². The van der Waals surface area contributed by atoms with Crippen LogP contribution in [-0.2, 0) is 10.1 Å². The molecule has 0 spiro atoms. The number of ether oxygens (including phenoxy) is 1. The average Bonchev–Trinajstić information content (AvgIpc) is 2.53. The quantitative estimate of drug-likeness (QED) is 0.627. The fourth-order valence-electron chi connectivity index (χ4n) is 2.17. The molecule has 0 saturated heterocycles. The molecule has 132 valence electrons. The van der Waals surface area contributed by atoms with Gasteiger partial charge in [-0.3, -0.25) is 0 Å². The molecule has 0 aliphatic carbocycles. The van der Waals surface area contributed by atoms with Crippen LogP contribution in [-0.4, -0.2) is 19.8 Å². The molecule has 0 radical (unpaired) electrons. The summed E-state index contributed by atoms with van der Waals surface area (Å²) in [5.41, 5.74) is 1.41. The first-order chi connectivity index (χ1) is 11.7. The molecule has 25 heavy (non-hydrogen) atoms. The first kappa shape index (κ1) is 18.8. The van der Waals surface area contributed by atoms with Gasteiger partial charge in [0.15, 0.2) is 6.29 Å². The van der Waals surface area contributed by atoms with Crippen molar-refractivity contribution in [2.24, 2.45) is 0 Å². The SMILES string of the molecule is CCC(O)Oc1cc(C)cc(OS(=O)(=O)c2cc(C)ccc2C#N)c1. The number of nitriles is 1. The minimum Gasteiger partial charge on any atom is -0.465 e. The highest BCUT2D eigenvalue weighted by Gasteiger charge is 2.22. The minimum atomic E-state index is -4.19. The summed E-state index contributed by atoms with van der Waals surface area (Å²) in [5.74, 6) is 0.341. The van der Waals surface area contributed by atoms with Crippen molar-refractivity contribution in [2.75, 3.05) is 0 Å². The van der Waals surface area contributed by atoms with Crippen molar-refractivity contribution in [3.05, 3.63) is 53.1 Å². The Kier molecular flexibility index (Phi) is 5.67. The van der Waals surface area contributed by atoms with E-state index in [4.69, 9.17) is 14.2 Å². The predicted molar refractivity (Wildman–Crippen MR) is 91.8 cm³/mol. The van der Waals surface area contributed by atoms with Crippen molar-refractivity contribution < 1.29 is 22.4 Å². The predicted octanol–water partition coefficient (Wildman–Crippen LogP) is 3.05. The average molecular weight is 361 g/mol. The maximum Gasteiger partial charge on any atom is 0.340 e. The van der Waals surface area contributed by atoms with Gasteiger partial charge in [-0.2, -0.15) is 13.7 Å². The van der Waals surface area contributed by atoms with Gasteiger partial charge in [-0.25, -0.2) is 0 Å². The maximum absolute atomic E-state index is 12.6. The van der Waals surface area contributed by atoms with Gasteiger partial charge < -0.3 is 14.0 Å². The van der Waals surface area contributed by atoms with Gasteiger partial charge in [0.25, 0.3) is 0 Å². The highest BCUT2D eigenvalue weighted by molar-refractivity contribution is 7.87. The van der Waals surface area contributed by atoms with Crippen molar-refractivity contribution in [3.63, 3.8) is 0 Å². The van der Waals surface area contributed by atoms with Crippen LogP contribution in [0.4, 0.5) is 0 Å². The van der Waals surface area contributed by atoms with Crippen LogP contribution in [0.25, 0.3) is 0 Å². The Balaban J connectivity index is 2.39. The maximum atomic E-state index is 12.6. The summed E-state index contributed by atoms with van der Waals surface area (Å²) in [5, 5.41) is 18.7. The van der Waals surface area contributed by atoms with E-state index in [0.29, 0.717) is 23.3 Å². The van der Waals surface area contributed by atoms with Crippen molar-refractivity contribution >= 4 is 10.1 Å². The van der Waals surface area contributed by atoms with Crippen LogP contribution in [0.3, 0.4) is 0 Å². The Morgan fingerprint density at radius 3 is 2.44 bits per heavy atom. The second-order valence-electron chi connectivity index (χ2n) is 5.61. The number of benzene rings is 2. The third-order valence-electron chi connectivity index (χ3n) is 3.38. The van der Waals surface area contributed by atoms with Crippen LogP contribution in [0.5, 0.6) is 11.5 Å². The van der Waals surface area contributed by atoms with E-state index in [-0.39, 0.29) is 16.2 Å². The number of nitrogens with zero attached hydrogens (tertiary/aromatic N) is 1. The third-order valence-corrected chi connectivity index (χ3v) is 4.67. The summed E-state index contributed by atoms with van der Waals surface area (Å²) in [6.45, 7) is 5.23. The second-order valence-corrected chi connectivity index (χ2v) is 7.13. The molecule has 1 N–H and O–H groups in total. The van der Waals surface area contributed by atoms with Crippen LogP contribution >= 0.6 is 0 Å². The molecule has 0 heterocycles. The molecule has 7 heteroatoms. The van der Waals surface area contributed by atoms with Crippen molar-refractivity contribution in [2.45, 2.75) is 38.4 Å². The van der Waals surface area contributed by atoms with Crippen molar-refractivity contribution in [3.8, 4) is 17.6 Å². The molecule has 1 atom stereocenters. The van der Waals surface area contributed by atoms with Gasteiger partial charge in [-0.15, -0.1) is 0 Å². The molecule has 0 bridgehead atoms. The summed E-state index contributed by atoms with van der Waals surface area (Å²) in [6, 6.07) is 10.9. The normalized spacial score (nSPS) is 12.3. The van der Waals surface area contributed by atoms with E-state index < -0.39 is 16.4 Å². The molecule has 0 aliphatic heterocycles. The number of hydrogen-bond acceptors (Lipinski definition) is 6. The second kappa shape index (κ2) is 7.55. The van der Waals surface area contributed by atoms with Gasteiger partial charge >= 0.3 is 10.1 Å². The molecular weight excluding hydrogens is 342 g/mol. The number of hydrogen-bond donors (Lipinski definition) is 1. The Bertz CT molecular complexity index is 916. The highest BCUT2D eigenvalue weighted by atomic mass is 32.2. The number of aliphatic hydroxyl groups is 1. The minimum absolute atomic E-state index is 0.0103. The number of aliphatic hydroxyl groups excluding tert-OH is 1. The standard InChI is InChI=1S/C18H19NO5S/c1-4-18(20)23-15-7-13(3)8-16(10-15)24-25(21,22)17-9-12(2)5-6-14(17)11-19/h5-10,18,20H,4H2,1-3H3. The van der Waals surface area contributed by atoms with Crippen LogP contribution in [0.2, 0.25) is 0 Å². The molecule has 2 rings (SSSR count). The zero-order chi connectivity index (χ0) is 18.6. The molecule has 0 saturated carbocycles. The third kappa shape index (κ3) is 4.72. The molecule has 0 fully saturated rings. The fourth-order valence-corrected chi connectivity index (χ4v) is 3.32. The van der Waals surface area contributed by atoms with E-state index in [2.05, 4.69) is 0 Å². The molecule has 0 aliphatic rings. The Morgan fingerprint density at radius 1 is 1.12 bits per heavy atom. The zero-order valence-corrected chi connectivity index (χ0v) is 15.0. The largest absolute Gasteiger partial charge is 0.465 e. The lowest BCUT2D eigenvalue weighted by atomic mass is 10.2. The molecule has 6 nitrogen and oxygen atoms in total. The molecular formula is C18H19NO5S. The van der Waals surface area contributed by atoms with Crippen molar-refractivity contribution in [1.82, 2.24) is 0 Å². The van der Waals surface area contributed by atoms with Gasteiger partial charge in [-0.05, 0) is 49.2 Å². The Hall–Kier alpha value is -2.56. The van der Waals surface area contributed by atoms with E-state index in [1.807, 2.05) is 6.07 Å². The molecule has 0 aromatic heterocycles. The van der Waals surface area contributed by atoms with Crippen LogP contribution in [0.1, 0.15) is 30.0 Å².